The van der Waals surface area contributed by atoms with Gasteiger partial charge in [-0.15, -0.1) is 0 Å². The molecule has 1 aromatic carbocycles. The quantitative estimate of drug-likeness (QED) is 0.731. The van der Waals surface area contributed by atoms with Crippen molar-refractivity contribution >= 4 is 29.0 Å². The van der Waals surface area contributed by atoms with Crippen LogP contribution in [0.5, 0.6) is 0 Å². The minimum Gasteiger partial charge on any atom is -0.292 e. The van der Waals surface area contributed by atoms with Gasteiger partial charge in [-0.1, -0.05) is 17.7 Å². The number of fused-ring (bicyclic) bond motifs is 1. The van der Waals surface area contributed by atoms with Crippen molar-refractivity contribution in [1.82, 2.24) is 4.90 Å². The van der Waals surface area contributed by atoms with Crippen LogP contribution in [0.25, 0.3) is 0 Å². The fourth-order valence-electron chi connectivity index (χ4n) is 1.72. The van der Waals surface area contributed by atoms with Crippen LogP contribution in [0.4, 0.5) is 5.69 Å². The zero-order chi connectivity index (χ0) is 11.9. The smallest absolute Gasteiger partial charge is 0.292 e. The van der Waals surface area contributed by atoms with Gasteiger partial charge in [0, 0.05) is 0 Å². The van der Waals surface area contributed by atoms with E-state index in [1.165, 1.54) is 4.90 Å². The number of carbonyl (C=O) groups is 2. The lowest BCUT2D eigenvalue weighted by molar-refractivity contribution is -0.114. The molecule has 1 amide bonds. The lowest BCUT2D eigenvalue weighted by atomic mass is 10.1. The Kier molecular flexibility index (Phi) is 2.69. The van der Waals surface area contributed by atoms with Gasteiger partial charge in [0.05, 0.1) is 22.9 Å². The Bertz CT molecular complexity index is 471. The van der Waals surface area contributed by atoms with E-state index in [2.05, 4.69) is 0 Å². The average Bonchev–Trinajstić information content (AvgIpc) is 2.44. The first-order valence-electron chi connectivity index (χ1n) is 4.82. The highest BCUT2D eigenvalue weighted by molar-refractivity contribution is 6.55. The summed E-state index contributed by atoms with van der Waals surface area (Å²) >= 11 is 5.92. The molecule has 0 fully saturated rings. The van der Waals surface area contributed by atoms with Crippen molar-refractivity contribution in [2.24, 2.45) is 0 Å². The zero-order valence-corrected chi connectivity index (χ0v) is 9.78. The van der Waals surface area contributed by atoms with Crippen molar-refractivity contribution in [3.63, 3.8) is 0 Å². The Morgan fingerprint density at radius 1 is 1.31 bits per heavy atom. The normalized spacial score (nSPS) is 14.9. The van der Waals surface area contributed by atoms with Gasteiger partial charge in [-0.05, 0) is 26.2 Å². The number of anilines is 1. The van der Waals surface area contributed by atoms with Gasteiger partial charge >= 0.3 is 5.91 Å². The molecule has 0 bridgehead atoms. The summed E-state index contributed by atoms with van der Waals surface area (Å²) in [4.78, 5) is 26.7. The van der Waals surface area contributed by atoms with E-state index in [0.717, 1.165) is 0 Å². The minimum atomic E-state index is -0.526. The number of halogens is 1. The molecule has 0 radical (unpaired) electrons. The second kappa shape index (κ2) is 3.88. The molecule has 84 valence electrons. The Morgan fingerprint density at radius 2 is 2.00 bits per heavy atom. The van der Waals surface area contributed by atoms with Gasteiger partial charge in [0.1, 0.15) is 0 Å². The number of carbonyl (C=O) groups excluding carboxylic acids is 2. The van der Waals surface area contributed by atoms with Crippen LogP contribution in [0.2, 0.25) is 5.02 Å². The summed E-state index contributed by atoms with van der Waals surface area (Å²) in [6.45, 7) is 0.373. The zero-order valence-electron chi connectivity index (χ0n) is 9.03. The number of nitrogens with zero attached hydrogens (tertiary/aromatic N) is 2. The first-order chi connectivity index (χ1) is 7.52. The van der Waals surface area contributed by atoms with Gasteiger partial charge in [-0.25, -0.2) is 0 Å². The molecule has 1 aliphatic rings. The number of ketones is 1. The highest BCUT2D eigenvalue weighted by Crippen LogP contribution is 2.33. The molecule has 4 nitrogen and oxygen atoms in total. The molecule has 16 heavy (non-hydrogen) atoms. The number of Topliss-reactive ketones (excluding diaryl/α,β-unsaturated/α-hetero) is 1. The molecular weight excluding hydrogens is 228 g/mol. The van der Waals surface area contributed by atoms with Gasteiger partial charge in [0.15, 0.2) is 0 Å². The Morgan fingerprint density at radius 3 is 2.62 bits per heavy atom. The van der Waals surface area contributed by atoms with E-state index in [4.69, 9.17) is 11.6 Å². The molecule has 2 rings (SSSR count). The largest absolute Gasteiger partial charge is 0.300 e. The number of rotatable bonds is 2. The van der Waals surface area contributed by atoms with Crippen molar-refractivity contribution < 1.29 is 9.59 Å². The van der Waals surface area contributed by atoms with Crippen LogP contribution in [-0.2, 0) is 4.79 Å². The van der Waals surface area contributed by atoms with Gasteiger partial charge < -0.3 is 0 Å². The molecule has 1 aliphatic heterocycles. The number of benzene rings is 1. The van der Waals surface area contributed by atoms with E-state index in [1.54, 1.807) is 18.2 Å². The molecule has 1 aromatic rings. The molecule has 0 aliphatic carbocycles. The molecular formula is C11H11ClN2O2. The third-order valence-electron chi connectivity index (χ3n) is 2.37. The summed E-state index contributed by atoms with van der Waals surface area (Å²) in [6, 6.07) is 5.08. The van der Waals surface area contributed by atoms with E-state index in [9.17, 15) is 9.59 Å². The summed E-state index contributed by atoms with van der Waals surface area (Å²) in [5.41, 5.74) is 0.909. The SMILES string of the molecule is CN(C)CN1C(=O)C(=O)c2c(Cl)cccc21. The Hall–Kier alpha value is -1.39. The highest BCUT2D eigenvalue weighted by Gasteiger charge is 2.37. The third kappa shape index (κ3) is 1.60. The van der Waals surface area contributed by atoms with Crippen LogP contribution in [0, 0.1) is 0 Å². The third-order valence-corrected chi connectivity index (χ3v) is 2.69. The maximum absolute atomic E-state index is 11.7. The second-order valence-corrected chi connectivity index (χ2v) is 4.32. The van der Waals surface area contributed by atoms with Gasteiger partial charge in [0.25, 0.3) is 5.78 Å². The molecule has 0 spiro atoms. The lowest BCUT2D eigenvalue weighted by Gasteiger charge is -2.20. The van der Waals surface area contributed by atoms with Crippen LogP contribution in [0.15, 0.2) is 18.2 Å². The molecule has 5 heteroatoms. The monoisotopic (exact) mass is 238 g/mol. The first kappa shape index (κ1) is 11.1. The second-order valence-electron chi connectivity index (χ2n) is 3.92. The topological polar surface area (TPSA) is 40.6 Å². The average molecular weight is 239 g/mol. The minimum absolute atomic E-state index is 0.316. The van der Waals surface area contributed by atoms with E-state index in [-0.39, 0.29) is 0 Å². The summed E-state index contributed by atoms with van der Waals surface area (Å²) in [5.74, 6) is -1.04. The van der Waals surface area contributed by atoms with Crippen molar-refractivity contribution in [1.29, 1.82) is 0 Å². The van der Waals surface area contributed by atoms with Crippen LogP contribution in [-0.4, -0.2) is 37.4 Å². The number of amides is 1. The van der Waals surface area contributed by atoms with Crippen LogP contribution in [0.1, 0.15) is 10.4 Å². The van der Waals surface area contributed by atoms with E-state index < -0.39 is 11.7 Å². The summed E-state index contributed by atoms with van der Waals surface area (Å²) < 4.78 is 0. The highest BCUT2D eigenvalue weighted by atomic mass is 35.5. The summed E-state index contributed by atoms with van der Waals surface area (Å²) in [6.07, 6.45) is 0. The van der Waals surface area contributed by atoms with Crippen LogP contribution < -0.4 is 4.90 Å². The molecule has 0 aromatic heterocycles. The Balaban J connectivity index is 2.50. The fraction of sp³-hybridized carbons (Fsp3) is 0.273. The molecule has 0 saturated carbocycles. The fourth-order valence-corrected chi connectivity index (χ4v) is 1.98. The van der Waals surface area contributed by atoms with Crippen molar-refractivity contribution in [2.75, 3.05) is 25.7 Å². The van der Waals surface area contributed by atoms with Crippen molar-refractivity contribution in [3.8, 4) is 0 Å². The van der Waals surface area contributed by atoms with Crippen LogP contribution in [0.3, 0.4) is 0 Å². The summed E-state index contributed by atoms with van der Waals surface area (Å²) in [7, 11) is 3.67. The predicted molar refractivity (Wildman–Crippen MR) is 61.8 cm³/mol. The molecule has 0 atom stereocenters. The Labute approximate surface area is 98.4 Å². The standard InChI is InChI=1S/C11H11ClN2O2/c1-13(2)6-14-8-5-3-4-7(12)9(8)10(15)11(14)16/h3-5H,6H2,1-2H3. The molecule has 0 N–H and O–H groups in total. The molecule has 0 saturated heterocycles. The first-order valence-corrected chi connectivity index (χ1v) is 5.19. The van der Waals surface area contributed by atoms with Gasteiger partial charge in [-0.3, -0.25) is 19.4 Å². The van der Waals surface area contributed by atoms with Crippen molar-refractivity contribution in [3.05, 3.63) is 28.8 Å². The van der Waals surface area contributed by atoms with Gasteiger partial charge in [0.2, 0.25) is 0 Å². The van der Waals surface area contributed by atoms with E-state index in [0.29, 0.717) is 22.9 Å². The number of hydrogen-bond donors (Lipinski definition) is 0. The van der Waals surface area contributed by atoms with E-state index in [1.807, 2.05) is 19.0 Å². The predicted octanol–water partition coefficient (Wildman–Crippen LogP) is 1.39. The lowest BCUT2D eigenvalue weighted by Crippen LogP contribution is -2.37. The van der Waals surface area contributed by atoms with Crippen LogP contribution >= 0.6 is 11.6 Å². The molecule has 1 heterocycles. The van der Waals surface area contributed by atoms with Gasteiger partial charge in [-0.2, -0.15) is 0 Å². The molecule has 0 unspecified atom stereocenters. The van der Waals surface area contributed by atoms with E-state index >= 15 is 0 Å². The maximum atomic E-state index is 11.7. The van der Waals surface area contributed by atoms with Crippen molar-refractivity contribution in [2.45, 2.75) is 0 Å². The number of hydrogen-bond acceptors (Lipinski definition) is 3. The summed E-state index contributed by atoms with van der Waals surface area (Å²) in [5, 5.41) is 0.331. The maximum Gasteiger partial charge on any atom is 0.300 e.